The summed E-state index contributed by atoms with van der Waals surface area (Å²) in [4.78, 5) is 19.2. The van der Waals surface area contributed by atoms with Crippen molar-refractivity contribution in [2.24, 2.45) is 5.92 Å². The third-order valence-corrected chi connectivity index (χ3v) is 7.91. The van der Waals surface area contributed by atoms with E-state index in [0.29, 0.717) is 31.6 Å². The Morgan fingerprint density at radius 1 is 1.33 bits per heavy atom. The fraction of sp³-hybridized carbons (Fsp3) is 0.600. The van der Waals surface area contributed by atoms with E-state index in [0.717, 1.165) is 53.7 Å². The van der Waals surface area contributed by atoms with Crippen LogP contribution in [0.3, 0.4) is 0 Å². The van der Waals surface area contributed by atoms with Gasteiger partial charge in [0.15, 0.2) is 0 Å². The van der Waals surface area contributed by atoms with Gasteiger partial charge in [0.2, 0.25) is 5.91 Å². The number of anilines is 1. The summed E-state index contributed by atoms with van der Waals surface area (Å²) in [7, 11) is 0. The first-order valence-corrected chi connectivity index (χ1v) is 12.3. The Hall–Kier alpha value is -1.77. The van der Waals surface area contributed by atoms with Crippen molar-refractivity contribution >= 4 is 34.1 Å². The number of aliphatic hydroxyl groups excluding tert-OH is 1. The van der Waals surface area contributed by atoms with Crippen LogP contribution >= 0.6 is 11.6 Å². The minimum Gasteiger partial charge on any atom is -0.389 e. The number of pyridine rings is 1. The summed E-state index contributed by atoms with van der Waals surface area (Å²) in [6, 6.07) is 6.04. The van der Waals surface area contributed by atoms with Crippen molar-refractivity contribution in [2.45, 2.75) is 56.8 Å². The number of benzene rings is 1. The molecule has 2 aliphatic heterocycles. The quantitative estimate of drug-likeness (QED) is 0.667. The third-order valence-electron chi connectivity index (χ3n) is 7.58. The van der Waals surface area contributed by atoms with E-state index in [4.69, 9.17) is 21.1 Å². The van der Waals surface area contributed by atoms with Gasteiger partial charge in [0, 0.05) is 23.2 Å². The fourth-order valence-electron chi connectivity index (χ4n) is 5.29. The molecule has 4 atom stereocenters. The molecule has 178 valence electrons. The summed E-state index contributed by atoms with van der Waals surface area (Å²) in [6.45, 7) is 7.44. The molecule has 2 aromatic rings. The van der Waals surface area contributed by atoms with Crippen molar-refractivity contribution in [3.05, 3.63) is 35.0 Å². The Labute approximate surface area is 199 Å². The number of nitrogens with zero attached hydrogens (tertiary/aromatic N) is 2. The molecule has 3 heterocycles. The highest BCUT2D eigenvalue weighted by Crippen LogP contribution is 2.39. The van der Waals surface area contributed by atoms with Gasteiger partial charge in [0.05, 0.1) is 36.9 Å². The van der Waals surface area contributed by atoms with E-state index in [-0.39, 0.29) is 23.5 Å². The zero-order valence-electron chi connectivity index (χ0n) is 19.2. The lowest BCUT2D eigenvalue weighted by Gasteiger charge is -2.43. The zero-order valence-corrected chi connectivity index (χ0v) is 20.0. The highest BCUT2D eigenvalue weighted by molar-refractivity contribution is 6.32. The molecule has 3 fully saturated rings. The maximum Gasteiger partial charge on any atom is 0.231 e. The van der Waals surface area contributed by atoms with Gasteiger partial charge < -0.3 is 19.9 Å². The fourth-order valence-corrected chi connectivity index (χ4v) is 5.61. The number of carbonyl (C=O) groups is 1. The predicted octanol–water partition coefficient (Wildman–Crippen LogP) is 3.58. The predicted molar refractivity (Wildman–Crippen MR) is 128 cm³/mol. The molecule has 1 aliphatic carbocycles. The number of hydrogen-bond acceptors (Lipinski definition) is 6. The first-order valence-electron chi connectivity index (χ1n) is 11.9. The van der Waals surface area contributed by atoms with Crippen LogP contribution in [0.15, 0.2) is 24.4 Å². The number of piperidine rings is 1. The van der Waals surface area contributed by atoms with E-state index >= 15 is 0 Å². The van der Waals surface area contributed by atoms with Gasteiger partial charge in [-0.3, -0.25) is 9.69 Å². The molecule has 1 aromatic heterocycles. The number of hydrogen-bond donors (Lipinski definition) is 2. The van der Waals surface area contributed by atoms with Crippen LogP contribution in [0.1, 0.15) is 44.6 Å². The molecule has 4 unspecified atom stereocenters. The molecule has 1 aromatic carbocycles. The van der Waals surface area contributed by atoms with Crippen molar-refractivity contribution in [1.82, 2.24) is 9.88 Å². The number of nitrogens with one attached hydrogen (secondary N) is 1. The van der Waals surface area contributed by atoms with Crippen LogP contribution in [0.25, 0.3) is 10.8 Å². The van der Waals surface area contributed by atoms with Crippen molar-refractivity contribution in [1.29, 1.82) is 0 Å². The number of likely N-dealkylation sites (tertiary alicyclic amines) is 1. The first-order chi connectivity index (χ1) is 15.9. The van der Waals surface area contributed by atoms with Crippen LogP contribution < -0.4 is 5.32 Å². The molecular formula is C25H32ClN3O4. The van der Waals surface area contributed by atoms with Crippen LogP contribution in [0.4, 0.5) is 5.82 Å². The van der Waals surface area contributed by atoms with E-state index in [1.165, 1.54) is 0 Å². The lowest BCUT2D eigenvalue weighted by atomic mass is 9.85. The molecule has 0 bridgehead atoms. The van der Waals surface area contributed by atoms with Gasteiger partial charge in [0.1, 0.15) is 5.82 Å². The molecule has 8 heteroatoms. The molecule has 0 spiro atoms. The molecule has 2 N–H and O–H groups in total. The van der Waals surface area contributed by atoms with Gasteiger partial charge in [0.25, 0.3) is 0 Å². The van der Waals surface area contributed by atoms with E-state index in [9.17, 15) is 9.90 Å². The monoisotopic (exact) mass is 473 g/mol. The van der Waals surface area contributed by atoms with Crippen molar-refractivity contribution in [2.75, 3.05) is 38.2 Å². The van der Waals surface area contributed by atoms with E-state index in [2.05, 4.69) is 28.2 Å². The molecule has 7 nitrogen and oxygen atoms in total. The average Bonchev–Trinajstić information content (AvgIpc) is 3.50. The largest absolute Gasteiger partial charge is 0.389 e. The highest BCUT2D eigenvalue weighted by atomic mass is 35.5. The Morgan fingerprint density at radius 2 is 2.12 bits per heavy atom. The SMILES string of the molecule is CCOC1CC1C(=O)Nc1cc2cc(C3CCN(C4(C)COCC4O)CC3)c(Cl)cc2cn1. The molecule has 1 saturated carbocycles. The minimum atomic E-state index is -0.445. The van der Waals surface area contributed by atoms with Gasteiger partial charge in [-0.1, -0.05) is 11.6 Å². The highest BCUT2D eigenvalue weighted by Gasteiger charge is 2.45. The van der Waals surface area contributed by atoms with Gasteiger partial charge in [-0.2, -0.15) is 0 Å². The number of rotatable bonds is 6. The van der Waals surface area contributed by atoms with Crippen LogP contribution in [-0.2, 0) is 14.3 Å². The number of fused-ring (bicyclic) bond motifs is 1. The summed E-state index contributed by atoms with van der Waals surface area (Å²) >= 11 is 6.69. The molecule has 0 radical (unpaired) electrons. The number of carbonyl (C=O) groups excluding carboxylic acids is 1. The Kier molecular flexibility index (Phi) is 6.35. The van der Waals surface area contributed by atoms with Crippen LogP contribution in [-0.4, -0.2) is 71.6 Å². The van der Waals surface area contributed by atoms with Crippen LogP contribution in [0, 0.1) is 5.92 Å². The third kappa shape index (κ3) is 4.49. The maximum absolute atomic E-state index is 12.5. The van der Waals surface area contributed by atoms with Gasteiger partial charge in [-0.15, -0.1) is 0 Å². The van der Waals surface area contributed by atoms with E-state index in [1.807, 2.05) is 19.1 Å². The second kappa shape index (κ2) is 9.12. The summed E-state index contributed by atoms with van der Waals surface area (Å²) in [5.74, 6) is 0.791. The number of aliphatic hydroxyl groups is 1. The van der Waals surface area contributed by atoms with Crippen molar-refractivity contribution < 1.29 is 19.4 Å². The molecule has 3 aliphatic rings. The van der Waals surface area contributed by atoms with Crippen molar-refractivity contribution in [3.8, 4) is 0 Å². The van der Waals surface area contributed by atoms with Gasteiger partial charge >= 0.3 is 0 Å². The normalized spacial score (nSPS) is 30.6. The smallest absolute Gasteiger partial charge is 0.231 e. The second-order valence-electron chi connectivity index (χ2n) is 9.77. The molecule has 33 heavy (non-hydrogen) atoms. The summed E-state index contributed by atoms with van der Waals surface area (Å²) in [5.41, 5.74) is 0.832. The molecule has 2 saturated heterocycles. The van der Waals surface area contributed by atoms with Gasteiger partial charge in [-0.05, 0) is 81.3 Å². The molecule has 5 rings (SSSR count). The standard InChI is InChI=1S/C25H32ClN3O4/c1-3-33-21-11-19(21)24(31)28-23-10-16-8-18(20(26)9-17(16)12-27-23)15-4-6-29(7-5-15)25(2)14-32-13-22(25)30/h8-10,12,15,19,21-22,30H,3-7,11,13-14H2,1-2H3,(H,27,28,31). The maximum atomic E-state index is 12.5. The van der Waals surface area contributed by atoms with E-state index < -0.39 is 6.10 Å². The summed E-state index contributed by atoms with van der Waals surface area (Å²) in [6.07, 6.45) is 4.07. The number of halogens is 1. The second-order valence-corrected chi connectivity index (χ2v) is 10.2. The van der Waals surface area contributed by atoms with Gasteiger partial charge in [-0.25, -0.2) is 4.98 Å². The molecule has 1 amide bonds. The first kappa shape index (κ1) is 23.0. The lowest BCUT2D eigenvalue weighted by Crippen LogP contribution is -2.56. The number of ether oxygens (including phenoxy) is 2. The van der Waals surface area contributed by atoms with Crippen molar-refractivity contribution in [3.63, 3.8) is 0 Å². The van der Waals surface area contributed by atoms with Crippen LogP contribution in [0.5, 0.6) is 0 Å². The summed E-state index contributed by atoms with van der Waals surface area (Å²) in [5, 5.41) is 16.1. The van der Waals surface area contributed by atoms with E-state index in [1.54, 1.807) is 6.20 Å². The zero-order chi connectivity index (χ0) is 23.2. The Morgan fingerprint density at radius 3 is 2.82 bits per heavy atom. The molecular weight excluding hydrogens is 442 g/mol. The van der Waals surface area contributed by atoms with Crippen LogP contribution in [0.2, 0.25) is 5.02 Å². The minimum absolute atomic E-state index is 0.0332. The number of amides is 1. The average molecular weight is 474 g/mol. The topological polar surface area (TPSA) is 83.9 Å². The Bertz CT molecular complexity index is 1040. The Balaban J connectivity index is 1.29. The lowest BCUT2D eigenvalue weighted by molar-refractivity contribution is -0.118. The summed E-state index contributed by atoms with van der Waals surface area (Å²) < 4.78 is 11.0. The number of aromatic nitrogens is 1.